The largest absolute Gasteiger partial charge is 0.456 e. The first-order valence-electron chi connectivity index (χ1n) is 14.7. The molecule has 0 saturated carbocycles. The van der Waals surface area contributed by atoms with Gasteiger partial charge in [0.1, 0.15) is 17.2 Å². The van der Waals surface area contributed by atoms with Crippen LogP contribution in [0.4, 0.5) is 0 Å². The third-order valence-electron chi connectivity index (χ3n) is 9.44. The highest BCUT2D eigenvalue weighted by molar-refractivity contribution is 6.11. The fourth-order valence-electron chi connectivity index (χ4n) is 7.41. The van der Waals surface area contributed by atoms with Gasteiger partial charge in [-0.25, -0.2) is 0 Å². The van der Waals surface area contributed by atoms with Gasteiger partial charge in [-0.15, -0.1) is 0 Å². The molecule has 0 radical (unpaired) electrons. The van der Waals surface area contributed by atoms with E-state index in [2.05, 4.69) is 134 Å². The molecule has 3 heteroatoms. The Kier molecular flexibility index (Phi) is 4.74. The highest BCUT2D eigenvalue weighted by atomic mass is 16.3. The monoisotopic (exact) mass is 550 g/mol. The Hall–Kier alpha value is -5.59. The first-order valence-corrected chi connectivity index (χ1v) is 14.7. The van der Waals surface area contributed by atoms with E-state index in [1.54, 1.807) is 0 Å². The van der Waals surface area contributed by atoms with Crippen LogP contribution in [0.3, 0.4) is 0 Å². The summed E-state index contributed by atoms with van der Waals surface area (Å²) in [6.07, 6.45) is 0. The highest BCUT2D eigenvalue weighted by Gasteiger charge is 2.36. The van der Waals surface area contributed by atoms with Crippen LogP contribution >= 0.6 is 0 Å². The van der Waals surface area contributed by atoms with Gasteiger partial charge in [0.2, 0.25) is 0 Å². The van der Waals surface area contributed by atoms with Crippen molar-refractivity contribution in [3.63, 3.8) is 0 Å². The van der Waals surface area contributed by atoms with Crippen LogP contribution < -0.4 is 0 Å². The molecule has 0 fully saturated rings. The predicted octanol–water partition coefficient (Wildman–Crippen LogP) is 10.5. The molecule has 0 amide bonds. The molecule has 1 aliphatic rings. The quantitative estimate of drug-likeness (QED) is 0.215. The van der Waals surface area contributed by atoms with E-state index in [1.807, 2.05) is 12.1 Å². The molecule has 9 rings (SSSR count). The van der Waals surface area contributed by atoms with Gasteiger partial charge in [0, 0.05) is 32.5 Å². The van der Waals surface area contributed by atoms with Gasteiger partial charge in [-0.05, 0) is 70.3 Å². The van der Waals surface area contributed by atoms with Crippen molar-refractivity contribution in [3.05, 3.63) is 138 Å². The summed E-state index contributed by atoms with van der Waals surface area (Å²) >= 11 is 0. The maximum Gasteiger partial charge on any atom is 0.135 e. The normalized spacial score (nSPS) is 13.5. The number of aromatic nitrogens is 1. The summed E-state index contributed by atoms with van der Waals surface area (Å²) in [6.45, 7) is 4.59. The second kappa shape index (κ2) is 8.47. The van der Waals surface area contributed by atoms with Crippen molar-refractivity contribution in [1.29, 1.82) is 5.26 Å². The summed E-state index contributed by atoms with van der Waals surface area (Å²) in [4.78, 5) is 0. The Morgan fingerprint density at radius 1 is 0.581 bits per heavy atom. The SMILES string of the molecule is CC1(C)c2ccccc2-c2cc3c(cc21)oc1ccc(-c2cccc(C#N)c2-n2c4ccccc4c4ccccc42)cc13. The van der Waals surface area contributed by atoms with Gasteiger partial charge >= 0.3 is 0 Å². The van der Waals surface area contributed by atoms with Gasteiger partial charge in [-0.2, -0.15) is 5.26 Å². The average Bonchev–Trinajstić information content (AvgIpc) is 3.65. The topological polar surface area (TPSA) is 41.9 Å². The fraction of sp³-hybridized carbons (Fsp3) is 0.0750. The van der Waals surface area contributed by atoms with Crippen LogP contribution in [-0.2, 0) is 5.41 Å². The lowest BCUT2D eigenvalue weighted by molar-refractivity contribution is 0.647. The van der Waals surface area contributed by atoms with Crippen molar-refractivity contribution in [3.8, 4) is 34.0 Å². The zero-order chi connectivity index (χ0) is 28.9. The molecule has 0 spiro atoms. The summed E-state index contributed by atoms with van der Waals surface area (Å²) in [5.74, 6) is 0. The number of hydrogen-bond donors (Lipinski definition) is 0. The second-order valence-corrected chi connectivity index (χ2v) is 12.1. The number of hydrogen-bond acceptors (Lipinski definition) is 2. The van der Waals surface area contributed by atoms with Crippen molar-refractivity contribution in [2.45, 2.75) is 19.3 Å². The Balaban J connectivity index is 1.32. The van der Waals surface area contributed by atoms with Gasteiger partial charge in [0.05, 0.1) is 22.3 Å². The van der Waals surface area contributed by atoms with Crippen LogP contribution in [-0.4, -0.2) is 4.57 Å². The minimum atomic E-state index is -0.0841. The lowest BCUT2D eigenvalue weighted by Gasteiger charge is -2.21. The van der Waals surface area contributed by atoms with Crippen molar-refractivity contribution >= 4 is 43.7 Å². The van der Waals surface area contributed by atoms with Crippen molar-refractivity contribution in [2.75, 3.05) is 0 Å². The third kappa shape index (κ3) is 3.18. The van der Waals surface area contributed by atoms with Crippen LogP contribution in [0.5, 0.6) is 0 Å². The molecular formula is C40H26N2O. The molecule has 0 saturated heterocycles. The molecular weight excluding hydrogens is 524 g/mol. The van der Waals surface area contributed by atoms with Gasteiger partial charge < -0.3 is 8.98 Å². The zero-order valence-electron chi connectivity index (χ0n) is 23.8. The van der Waals surface area contributed by atoms with E-state index in [-0.39, 0.29) is 5.41 Å². The van der Waals surface area contributed by atoms with E-state index in [9.17, 15) is 5.26 Å². The van der Waals surface area contributed by atoms with Crippen molar-refractivity contribution in [1.82, 2.24) is 4.57 Å². The van der Waals surface area contributed by atoms with Gasteiger partial charge in [-0.3, -0.25) is 0 Å². The summed E-state index contributed by atoms with van der Waals surface area (Å²) in [7, 11) is 0. The predicted molar refractivity (Wildman–Crippen MR) is 176 cm³/mol. The molecule has 202 valence electrons. The zero-order valence-corrected chi connectivity index (χ0v) is 23.8. The number of para-hydroxylation sites is 3. The summed E-state index contributed by atoms with van der Waals surface area (Å²) in [5, 5.41) is 14.9. The summed E-state index contributed by atoms with van der Waals surface area (Å²) in [5.41, 5.74) is 12.7. The molecule has 6 aromatic carbocycles. The highest BCUT2D eigenvalue weighted by Crippen LogP contribution is 2.51. The molecule has 1 aliphatic carbocycles. The lowest BCUT2D eigenvalue weighted by atomic mass is 9.82. The van der Waals surface area contributed by atoms with E-state index in [0.717, 1.165) is 49.8 Å². The number of nitriles is 1. The molecule has 0 unspecified atom stereocenters. The number of benzene rings is 6. The fourth-order valence-corrected chi connectivity index (χ4v) is 7.41. The van der Waals surface area contributed by atoms with E-state index >= 15 is 0 Å². The van der Waals surface area contributed by atoms with E-state index in [4.69, 9.17) is 4.42 Å². The first kappa shape index (κ1) is 24.1. The van der Waals surface area contributed by atoms with Crippen LogP contribution in [0, 0.1) is 11.3 Å². The molecule has 0 bridgehead atoms. The number of nitrogens with zero attached hydrogens (tertiary/aromatic N) is 2. The second-order valence-electron chi connectivity index (χ2n) is 12.1. The summed E-state index contributed by atoms with van der Waals surface area (Å²) < 4.78 is 8.72. The molecule has 43 heavy (non-hydrogen) atoms. The molecule has 3 nitrogen and oxygen atoms in total. The smallest absolute Gasteiger partial charge is 0.135 e. The lowest BCUT2D eigenvalue weighted by Crippen LogP contribution is -2.14. The van der Waals surface area contributed by atoms with Gasteiger partial charge in [-0.1, -0.05) is 92.7 Å². The molecule has 2 heterocycles. The van der Waals surface area contributed by atoms with Crippen LogP contribution in [0.2, 0.25) is 0 Å². The number of furan rings is 1. The van der Waals surface area contributed by atoms with Gasteiger partial charge in [0.15, 0.2) is 0 Å². The molecule has 0 aliphatic heterocycles. The molecule has 2 aromatic heterocycles. The first-order chi connectivity index (χ1) is 21.0. The third-order valence-corrected chi connectivity index (χ3v) is 9.44. The van der Waals surface area contributed by atoms with Crippen LogP contribution in [0.15, 0.2) is 126 Å². The number of rotatable bonds is 2. The molecule has 8 aromatic rings. The van der Waals surface area contributed by atoms with Crippen LogP contribution in [0.1, 0.15) is 30.5 Å². The average molecular weight is 551 g/mol. The van der Waals surface area contributed by atoms with Crippen molar-refractivity contribution < 1.29 is 4.42 Å². The van der Waals surface area contributed by atoms with E-state index in [1.165, 1.54) is 33.0 Å². The van der Waals surface area contributed by atoms with E-state index in [0.29, 0.717) is 5.56 Å². The standard InChI is InChI=1S/C40H26N2O/c1-40(2)33-15-6-3-11-27(33)30-21-32-31-20-24(18-19-37(31)43-38(32)22-34(30)40)26-14-9-10-25(23-41)39(26)42-35-16-7-4-12-28(35)29-13-5-8-17-36(29)42/h3-22H,1-2H3. The maximum absolute atomic E-state index is 10.3. The summed E-state index contributed by atoms with van der Waals surface area (Å²) in [6, 6.07) is 45.1. The minimum absolute atomic E-state index is 0.0841. The Bertz CT molecular complexity index is 2450. The number of fused-ring (bicyclic) bond motifs is 9. The maximum atomic E-state index is 10.3. The van der Waals surface area contributed by atoms with E-state index < -0.39 is 0 Å². The van der Waals surface area contributed by atoms with Crippen LogP contribution in [0.25, 0.3) is 71.7 Å². The Morgan fingerprint density at radius 2 is 1.26 bits per heavy atom. The van der Waals surface area contributed by atoms with Crippen molar-refractivity contribution in [2.24, 2.45) is 0 Å². The molecule has 0 N–H and O–H groups in total. The Morgan fingerprint density at radius 3 is 2.02 bits per heavy atom. The molecule has 0 atom stereocenters. The minimum Gasteiger partial charge on any atom is -0.456 e. The van der Waals surface area contributed by atoms with Gasteiger partial charge in [0.25, 0.3) is 0 Å². The Labute approximate surface area is 248 Å².